The lowest BCUT2D eigenvalue weighted by Gasteiger charge is -2.32. The van der Waals surface area contributed by atoms with Crippen LogP contribution in [0.4, 0.5) is 4.39 Å². The van der Waals surface area contributed by atoms with Gasteiger partial charge in [-0.05, 0) is 51.5 Å². The Hall–Kier alpha value is -0.915. The molecule has 0 spiro atoms. The molecule has 1 saturated heterocycles. The van der Waals surface area contributed by atoms with Crippen molar-refractivity contribution in [1.82, 2.24) is 0 Å². The fraction of sp³-hybridized carbons (Fsp3) is 0.533. The van der Waals surface area contributed by atoms with E-state index >= 15 is 0 Å². The van der Waals surface area contributed by atoms with Crippen LogP contribution in [0.15, 0.2) is 22.7 Å². The molecule has 1 aliphatic heterocycles. The SMILES string of the molecule is CC1(C)OB(C(CC(=O)O)c2cc(F)cc(Br)c2)OC1(C)C. The summed E-state index contributed by atoms with van der Waals surface area (Å²) in [5.74, 6) is -2.01. The van der Waals surface area contributed by atoms with Crippen LogP contribution in [0.2, 0.25) is 0 Å². The third kappa shape index (κ3) is 3.52. The minimum atomic E-state index is -0.986. The topological polar surface area (TPSA) is 55.8 Å². The maximum absolute atomic E-state index is 13.7. The molecule has 0 bridgehead atoms. The summed E-state index contributed by atoms with van der Waals surface area (Å²) < 4.78 is 26.1. The number of benzene rings is 1. The number of carbonyl (C=O) groups is 1. The van der Waals surface area contributed by atoms with E-state index < -0.39 is 35.9 Å². The highest BCUT2D eigenvalue weighted by molar-refractivity contribution is 9.10. The number of hydrogen-bond acceptors (Lipinski definition) is 3. The predicted octanol–water partition coefficient (Wildman–Crippen LogP) is 3.78. The molecule has 1 atom stereocenters. The number of carboxylic acid groups (broad SMARTS) is 1. The van der Waals surface area contributed by atoms with Gasteiger partial charge in [0.25, 0.3) is 0 Å². The van der Waals surface area contributed by atoms with Gasteiger partial charge in [0.2, 0.25) is 0 Å². The van der Waals surface area contributed by atoms with E-state index in [0.29, 0.717) is 10.0 Å². The summed E-state index contributed by atoms with van der Waals surface area (Å²) in [7, 11) is -0.741. The van der Waals surface area contributed by atoms with E-state index in [1.165, 1.54) is 12.1 Å². The molecule has 1 aliphatic rings. The van der Waals surface area contributed by atoms with Gasteiger partial charge in [0.1, 0.15) is 5.82 Å². The van der Waals surface area contributed by atoms with Crippen molar-refractivity contribution in [2.75, 3.05) is 0 Å². The van der Waals surface area contributed by atoms with Gasteiger partial charge in [-0.1, -0.05) is 15.9 Å². The van der Waals surface area contributed by atoms with Crippen molar-refractivity contribution in [3.63, 3.8) is 0 Å². The number of carboxylic acids is 1. The molecular formula is C15H19BBrFO4. The van der Waals surface area contributed by atoms with Crippen LogP contribution in [0.1, 0.15) is 45.5 Å². The molecule has 0 radical (unpaired) electrons. The summed E-state index contributed by atoms with van der Waals surface area (Å²) in [6.45, 7) is 7.58. The average molecular weight is 373 g/mol. The van der Waals surface area contributed by atoms with Crippen LogP contribution in [0.5, 0.6) is 0 Å². The highest BCUT2D eigenvalue weighted by Gasteiger charge is 2.54. The normalized spacial score (nSPS) is 20.9. The molecule has 2 rings (SSSR count). The van der Waals surface area contributed by atoms with Crippen LogP contribution in [0, 0.1) is 5.82 Å². The lowest BCUT2D eigenvalue weighted by molar-refractivity contribution is -0.137. The number of aliphatic carboxylic acids is 1. The molecule has 0 aliphatic carbocycles. The van der Waals surface area contributed by atoms with Crippen LogP contribution in [-0.4, -0.2) is 29.4 Å². The molecule has 4 nitrogen and oxygen atoms in total. The summed E-state index contributed by atoms with van der Waals surface area (Å²) in [5, 5.41) is 9.19. The molecule has 1 fully saturated rings. The van der Waals surface area contributed by atoms with Crippen molar-refractivity contribution in [2.24, 2.45) is 0 Å². The lowest BCUT2D eigenvalue weighted by atomic mass is 9.66. The summed E-state index contributed by atoms with van der Waals surface area (Å²) >= 11 is 3.23. The molecule has 1 aromatic rings. The predicted molar refractivity (Wildman–Crippen MR) is 85.2 cm³/mol. The molecule has 0 saturated carbocycles. The van der Waals surface area contributed by atoms with Gasteiger partial charge in [-0.25, -0.2) is 4.39 Å². The maximum atomic E-state index is 13.7. The van der Waals surface area contributed by atoms with E-state index in [-0.39, 0.29) is 6.42 Å². The monoisotopic (exact) mass is 372 g/mol. The number of rotatable bonds is 4. The second kappa shape index (κ2) is 5.94. The third-order valence-corrected chi connectivity index (χ3v) is 4.77. The molecule has 0 amide bonds. The molecule has 7 heteroatoms. The van der Waals surface area contributed by atoms with E-state index in [1.807, 2.05) is 27.7 Å². The molecule has 1 N–H and O–H groups in total. The lowest BCUT2D eigenvalue weighted by Crippen LogP contribution is -2.41. The molecule has 1 unspecified atom stereocenters. The van der Waals surface area contributed by atoms with Gasteiger partial charge < -0.3 is 14.4 Å². The zero-order valence-corrected chi connectivity index (χ0v) is 14.6. The Labute approximate surface area is 138 Å². The standard InChI is InChI=1S/C15H19BBrFO4/c1-14(2)15(3,4)22-16(21-14)12(8-13(19)20)9-5-10(17)7-11(18)6-9/h5-7,12H,8H2,1-4H3,(H,19,20). The van der Waals surface area contributed by atoms with E-state index in [4.69, 9.17) is 9.31 Å². The molecular weight excluding hydrogens is 354 g/mol. The van der Waals surface area contributed by atoms with Crippen molar-refractivity contribution in [3.8, 4) is 0 Å². The van der Waals surface area contributed by atoms with Crippen molar-refractivity contribution in [2.45, 2.75) is 51.1 Å². The van der Waals surface area contributed by atoms with Crippen molar-refractivity contribution >= 4 is 29.0 Å². The summed E-state index contributed by atoms with van der Waals surface area (Å²) in [6, 6.07) is 4.34. The van der Waals surface area contributed by atoms with Gasteiger partial charge in [0.05, 0.1) is 17.6 Å². The first-order chi connectivity index (χ1) is 10.0. The highest BCUT2D eigenvalue weighted by Crippen LogP contribution is 2.42. The Morgan fingerprint density at radius 1 is 1.27 bits per heavy atom. The molecule has 22 heavy (non-hydrogen) atoms. The van der Waals surface area contributed by atoms with Gasteiger partial charge in [-0.15, -0.1) is 0 Å². The van der Waals surface area contributed by atoms with Crippen LogP contribution >= 0.6 is 15.9 Å². The van der Waals surface area contributed by atoms with Gasteiger partial charge in [-0.3, -0.25) is 4.79 Å². The Morgan fingerprint density at radius 2 is 1.82 bits per heavy atom. The highest BCUT2D eigenvalue weighted by atomic mass is 79.9. The van der Waals surface area contributed by atoms with Crippen LogP contribution in [0.25, 0.3) is 0 Å². The molecule has 1 aromatic carbocycles. The van der Waals surface area contributed by atoms with E-state index in [9.17, 15) is 14.3 Å². The first kappa shape index (κ1) is 17.4. The fourth-order valence-electron chi connectivity index (χ4n) is 2.40. The van der Waals surface area contributed by atoms with Crippen LogP contribution < -0.4 is 0 Å². The fourth-order valence-corrected chi connectivity index (χ4v) is 2.88. The molecule has 120 valence electrons. The average Bonchev–Trinajstić information content (AvgIpc) is 2.53. The van der Waals surface area contributed by atoms with Gasteiger partial charge in [0.15, 0.2) is 0 Å². The van der Waals surface area contributed by atoms with Crippen molar-refractivity contribution in [1.29, 1.82) is 0 Å². The maximum Gasteiger partial charge on any atom is 0.466 e. The van der Waals surface area contributed by atoms with E-state index in [2.05, 4.69) is 15.9 Å². The third-order valence-electron chi connectivity index (χ3n) is 4.31. The Bertz CT molecular complexity index is 555. The quantitative estimate of drug-likeness (QED) is 0.817. The van der Waals surface area contributed by atoms with Gasteiger partial charge >= 0.3 is 13.1 Å². The molecule has 0 aromatic heterocycles. The van der Waals surface area contributed by atoms with Crippen LogP contribution in [-0.2, 0) is 14.1 Å². The smallest absolute Gasteiger partial charge is 0.466 e. The Morgan fingerprint density at radius 3 is 2.27 bits per heavy atom. The van der Waals surface area contributed by atoms with E-state index in [1.54, 1.807) is 6.07 Å². The Balaban J connectivity index is 2.37. The molecule has 1 heterocycles. The van der Waals surface area contributed by atoms with Gasteiger partial charge in [-0.2, -0.15) is 0 Å². The zero-order chi connectivity index (χ0) is 16.7. The summed E-state index contributed by atoms with van der Waals surface area (Å²) in [6.07, 6.45) is -0.202. The minimum absolute atomic E-state index is 0.202. The van der Waals surface area contributed by atoms with Crippen LogP contribution in [0.3, 0.4) is 0 Å². The van der Waals surface area contributed by atoms with E-state index in [0.717, 1.165) is 0 Å². The second-order valence-electron chi connectivity index (χ2n) is 6.53. The Kier molecular flexibility index (Phi) is 4.71. The summed E-state index contributed by atoms with van der Waals surface area (Å²) in [4.78, 5) is 11.2. The first-order valence-corrected chi connectivity index (χ1v) is 7.84. The number of halogens is 2. The minimum Gasteiger partial charge on any atom is -0.481 e. The zero-order valence-electron chi connectivity index (χ0n) is 13.0. The number of hydrogen-bond donors (Lipinski definition) is 1. The summed E-state index contributed by atoms with van der Waals surface area (Å²) in [5.41, 5.74) is -0.606. The first-order valence-electron chi connectivity index (χ1n) is 7.05. The van der Waals surface area contributed by atoms with Gasteiger partial charge in [0, 0.05) is 10.3 Å². The second-order valence-corrected chi connectivity index (χ2v) is 7.45. The van der Waals surface area contributed by atoms with Crippen molar-refractivity contribution < 1.29 is 23.6 Å². The largest absolute Gasteiger partial charge is 0.481 e. The van der Waals surface area contributed by atoms with Crippen molar-refractivity contribution in [3.05, 3.63) is 34.1 Å².